The summed E-state index contributed by atoms with van der Waals surface area (Å²) in [6.07, 6.45) is 2.70. The summed E-state index contributed by atoms with van der Waals surface area (Å²) in [7, 11) is 1.60. The maximum atomic E-state index is 11.7. The van der Waals surface area contributed by atoms with Crippen LogP contribution in [-0.2, 0) is 0 Å². The highest BCUT2D eigenvalue weighted by atomic mass is 16.1. The van der Waals surface area contributed by atoms with Crippen LogP contribution >= 0.6 is 0 Å². The third-order valence-corrected chi connectivity index (χ3v) is 3.28. The van der Waals surface area contributed by atoms with Gasteiger partial charge in [-0.1, -0.05) is 0 Å². The van der Waals surface area contributed by atoms with Crippen molar-refractivity contribution in [2.75, 3.05) is 24.2 Å². The second-order valence-corrected chi connectivity index (χ2v) is 4.69. The van der Waals surface area contributed by atoms with E-state index in [1.807, 2.05) is 6.07 Å². The molecule has 19 heavy (non-hydrogen) atoms. The number of rotatable bonds is 5. The van der Waals surface area contributed by atoms with Gasteiger partial charge in [0, 0.05) is 25.2 Å². The van der Waals surface area contributed by atoms with Crippen LogP contribution in [-0.4, -0.2) is 25.5 Å². The average Bonchev–Trinajstić information content (AvgIpc) is 3.24. The van der Waals surface area contributed by atoms with Gasteiger partial charge in [-0.25, -0.2) is 0 Å². The Morgan fingerprint density at radius 1 is 1.58 bits per heavy atom. The third-order valence-electron chi connectivity index (χ3n) is 3.28. The maximum Gasteiger partial charge on any atom is 0.251 e. The molecular formula is C14H18N4O. The van der Waals surface area contributed by atoms with E-state index in [4.69, 9.17) is 11.0 Å². The summed E-state index contributed by atoms with van der Waals surface area (Å²) in [6, 6.07) is 7.89. The van der Waals surface area contributed by atoms with Crippen molar-refractivity contribution in [1.29, 1.82) is 5.26 Å². The molecule has 0 radical (unpaired) electrons. The SMILES string of the molecule is CNC(=O)c1ccc(N)c(N(CCC#N)C2CC2)c1. The molecule has 0 spiro atoms. The number of benzene rings is 1. The lowest BCUT2D eigenvalue weighted by Gasteiger charge is -2.25. The van der Waals surface area contributed by atoms with Crippen LogP contribution in [0.5, 0.6) is 0 Å². The molecule has 0 heterocycles. The molecule has 2 rings (SSSR count). The molecule has 3 N–H and O–H groups in total. The fraction of sp³-hybridized carbons (Fsp3) is 0.429. The normalized spacial score (nSPS) is 13.7. The summed E-state index contributed by atoms with van der Waals surface area (Å²) in [6.45, 7) is 0.655. The topological polar surface area (TPSA) is 82.2 Å². The van der Waals surface area contributed by atoms with E-state index in [2.05, 4.69) is 16.3 Å². The molecule has 1 aromatic carbocycles. The number of anilines is 2. The van der Waals surface area contributed by atoms with E-state index >= 15 is 0 Å². The first kappa shape index (κ1) is 13.2. The van der Waals surface area contributed by atoms with Gasteiger partial charge < -0.3 is 16.0 Å². The predicted molar refractivity (Wildman–Crippen MR) is 74.8 cm³/mol. The van der Waals surface area contributed by atoms with Crippen LogP contribution in [0.4, 0.5) is 11.4 Å². The number of hydrogen-bond donors (Lipinski definition) is 2. The van der Waals surface area contributed by atoms with Crippen LogP contribution in [0.3, 0.4) is 0 Å². The first-order valence-corrected chi connectivity index (χ1v) is 6.42. The Labute approximate surface area is 113 Å². The summed E-state index contributed by atoms with van der Waals surface area (Å²) in [4.78, 5) is 13.8. The van der Waals surface area contributed by atoms with Gasteiger partial charge in [0.1, 0.15) is 0 Å². The van der Waals surface area contributed by atoms with Crippen LogP contribution in [0, 0.1) is 11.3 Å². The van der Waals surface area contributed by atoms with Crippen LogP contribution in [0.1, 0.15) is 29.6 Å². The van der Waals surface area contributed by atoms with Crippen molar-refractivity contribution >= 4 is 17.3 Å². The van der Waals surface area contributed by atoms with Crippen molar-refractivity contribution in [3.05, 3.63) is 23.8 Å². The van der Waals surface area contributed by atoms with E-state index in [0.29, 0.717) is 30.3 Å². The van der Waals surface area contributed by atoms with Crippen LogP contribution in [0.25, 0.3) is 0 Å². The minimum atomic E-state index is -0.128. The molecule has 5 heteroatoms. The molecule has 1 aliphatic carbocycles. The van der Waals surface area contributed by atoms with Gasteiger partial charge in [-0.05, 0) is 31.0 Å². The Bertz CT molecular complexity index is 517. The summed E-state index contributed by atoms with van der Waals surface area (Å²) >= 11 is 0. The van der Waals surface area contributed by atoms with E-state index in [1.165, 1.54) is 0 Å². The highest BCUT2D eigenvalue weighted by molar-refractivity contribution is 5.96. The Balaban J connectivity index is 2.29. The summed E-state index contributed by atoms with van der Waals surface area (Å²) in [5.74, 6) is -0.128. The molecule has 1 aromatic rings. The number of nitrogens with one attached hydrogen (secondary N) is 1. The number of nitriles is 1. The van der Waals surface area contributed by atoms with Crippen molar-refractivity contribution in [2.24, 2.45) is 0 Å². The summed E-state index contributed by atoms with van der Waals surface area (Å²) < 4.78 is 0. The first-order chi connectivity index (χ1) is 9.17. The Hall–Kier alpha value is -2.22. The largest absolute Gasteiger partial charge is 0.397 e. The molecule has 0 aromatic heterocycles. The van der Waals surface area contributed by atoms with Gasteiger partial charge in [0.15, 0.2) is 0 Å². The minimum absolute atomic E-state index is 0.128. The van der Waals surface area contributed by atoms with Crippen LogP contribution in [0.2, 0.25) is 0 Å². The number of amides is 1. The number of hydrogen-bond acceptors (Lipinski definition) is 4. The molecule has 1 fully saturated rings. The quantitative estimate of drug-likeness (QED) is 0.784. The van der Waals surface area contributed by atoms with E-state index in [1.54, 1.807) is 19.2 Å². The van der Waals surface area contributed by atoms with Gasteiger partial charge in [0.05, 0.1) is 23.9 Å². The third kappa shape index (κ3) is 2.97. The monoisotopic (exact) mass is 258 g/mol. The average molecular weight is 258 g/mol. The second kappa shape index (κ2) is 5.61. The molecule has 0 saturated heterocycles. The van der Waals surface area contributed by atoms with Gasteiger partial charge in [-0.3, -0.25) is 4.79 Å². The van der Waals surface area contributed by atoms with Crippen molar-refractivity contribution in [3.8, 4) is 6.07 Å². The van der Waals surface area contributed by atoms with E-state index in [9.17, 15) is 4.79 Å². The molecule has 0 unspecified atom stereocenters. The lowest BCUT2D eigenvalue weighted by molar-refractivity contribution is 0.0963. The van der Waals surface area contributed by atoms with Gasteiger partial charge >= 0.3 is 0 Å². The van der Waals surface area contributed by atoms with Crippen molar-refractivity contribution < 1.29 is 4.79 Å². The number of carbonyl (C=O) groups excluding carboxylic acids is 1. The highest BCUT2D eigenvalue weighted by Gasteiger charge is 2.30. The lowest BCUT2D eigenvalue weighted by Crippen LogP contribution is -2.28. The molecule has 0 atom stereocenters. The predicted octanol–water partition coefficient (Wildman–Crippen LogP) is 1.51. The second-order valence-electron chi connectivity index (χ2n) is 4.69. The Morgan fingerprint density at radius 2 is 2.32 bits per heavy atom. The molecule has 1 saturated carbocycles. The fourth-order valence-corrected chi connectivity index (χ4v) is 2.13. The van der Waals surface area contributed by atoms with E-state index in [0.717, 1.165) is 18.5 Å². The lowest BCUT2D eigenvalue weighted by atomic mass is 10.1. The maximum absolute atomic E-state index is 11.7. The number of nitrogens with two attached hydrogens (primary N) is 1. The summed E-state index contributed by atoms with van der Waals surface area (Å²) in [5, 5.41) is 11.3. The van der Waals surface area contributed by atoms with Gasteiger partial charge in [0.2, 0.25) is 0 Å². The van der Waals surface area contributed by atoms with Crippen LogP contribution in [0.15, 0.2) is 18.2 Å². The smallest absolute Gasteiger partial charge is 0.251 e. The molecule has 1 aliphatic rings. The number of nitrogen functional groups attached to an aromatic ring is 1. The molecular weight excluding hydrogens is 240 g/mol. The highest BCUT2D eigenvalue weighted by Crippen LogP contribution is 2.35. The van der Waals surface area contributed by atoms with Crippen molar-refractivity contribution in [3.63, 3.8) is 0 Å². The number of carbonyl (C=O) groups is 1. The summed E-state index contributed by atoms with van der Waals surface area (Å²) in [5.41, 5.74) is 8.12. The van der Waals surface area contributed by atoms with Gasteiger partial charge in [-0.2, -0.15) is 5.26 Å². The Kier molecular flexibility index (Phi) is 3.91. The van der Waals surface area contributed by atoms with E-state index < -0.39 is 0 Å². The fourth-order valence-electron chi connectivity index (χ4n) is 2.13. The number of nitrogens with zero attached hydrogens (tertiary/aromatic N) is 2. The zero-order chi connectivity index (χ0) is 13.8. The van der Waals surface area contributed by atoms with Gasteiger partial charge in [-0.15, -0.1) is 0 Å². The first-order valence-electron chi connectivity index (χ1n) is 6.42. The minimum Gasteiger partial charge on any atom is -0.397 e. The zero-order valence-electron chi connectivity index (χ0n) is 11.0. The van der Waals surface area contributed by atoms with Crippen LogP contribution < -0.4 is 16.0 Å². The molecule has 5 nitrogen and oxygen atoms in total. The molecule has 1 amide bonds. The molecule has 0 bridgehead atoms. The molecule has 100 valence electrons. The van der Waals surface area contributed by atoms with Crippen molar-refractivity contribution in [2.45, 2.75) is 25.3 Å². The standard InChI is InChI=1S/C14H18N4O/c1-17-14(19)10-3-6-12(16)13(9-10)18(8-2-7-15)11-4-5-11/h3,6,9,11H,2,4-5,8,16H2,1H3,(H,17,19). The van der Waals surface area contributed by atoms with Crippen molar-refractivity contribution in [1.82, 2.24) is 5.32 Å². The van der Waals surface area contributed by atoms with E-state index in [-0.39, 0.29) is 5.91 Å². The molecule has 0 aliphatic heterocycles. The van der Waals surface area contributed by atoms with Gasteiger partial charge in [0.25, 0.3) is 5.91 Å². The zero-order valence-corrected chi connectivity index (χ0v) is 11.0. The Morgan fingerprint density at radius 3 is 2.89 bits per heavy atom.